The summed E-state index contributed by atoms with van der Waals surface area (Å²) in [5.74, 6) is -0.164. The van der Waals surface area contributed by atoms with Gasteiger partial charge in [-0.15, -0.1) is 0 Å². The second-order valence-corrected chi connectivity index (χ2v) is 7.64. The van der Waals surface area contributed by atoms with Crippen molar-refractivity contribution in [1.29, 1.82) is 0 Å². The number of fused-ring (bicyclic) bond motifs is 1. The molecule has 1 amide bonds. The third kappa shape index (κ3) is 3.78. The number of carbonyl (C=O) groups is 1. The van der Waals surface area contributed by atoms with E-state index in [9.17, 15) is 9.90 Å². The van der Waals surface area contributed by atoms with Gasteiger partial charge >= 0.3 is 0 Å². The maximum atomic E-state index is 12.6. The standard InChI is InChI=1S/C22H27N3O2/c1-24-11-13-25(14-12-24)20-7-4-5-16-9-10-17(15-19(16)20)23-22(27)18-6-2-3-8-21(18)26/h2-8,17,26H,9-15H2,1H3,(H,23,27). The Morgan fingerprint density at radius 1 is 1.07 bits per heavy atom. The largest absolute Gasteiger partial charge is 0.507 e. The molecule has 2 aromatic rings. The molecule has 1 aliphatic carbocycles. The predicted octanol–water partition coefficient (Wildman–Crippen LogP) is 2.43. The summed E-state index contributed by atoms with van der Waals surface area (Å²) in [7, 11) is 2.17. The van der Waals surface area contributed by atoms with Crippen LogP contribution in [-0.4, -0.2) is 55.2 Å². The van der Waals surface area contributed by atoms with Gasteiger partial charge in [0.05, 0.1) is 5.56 Å². The molecule has 1 unspecified atom stereocenters. The third-order valence-electron chi connectivity index (χ3n) is 5.79. The zero-order chi connectivity index (χ0) is 18.8. The minimum Gasteiger partial charge on any atom is -0.507 e. The first-order valence-corrected chi connectivity index (χ1v) is 9.75. The summed E-state index contributed by atoms with van der Waals surface area (Å²) in [5.41, 5.74) is 4.44. The van der Waals surface area contributed by atoms with Gasteiger partial charge in [0.25, 0.3) is 5.91 Å². The average molecular weight is 365 g/mol. The Morgan fingerprint density at radius 3 is 2.63 bits per heavy atom. The number of hydrogen-bond acceptors (Lipinski definition) is 4. The van der Waals surface area contributed by atoms with Crippen LogP contribution in [0.15, 0.2) is 42.5 Å². The number of rotatable bonds is 3. The van der Waals surface area contributed by atoms with Crippen LogP contribution in [0.4, 0.5) is 5.69 Å². The Bertz CT molecular complexity index is 828. The summed E-state index contributed by atoms with van der Waals surface area (Å²) in [6.07, 6.45) is 2.75. The van der Waals surface area contributed by atoms with Crippen molar-refractivity contribution in [2.75, 3.05) is 38.1 Å². The van der Waals surface area contributed by atoms with E-state index in [4.69, 9.17) is 0 Å². The number of nitrogens with one attached hydrogen (secondary N) is 1. The molecule has 1 aliphatic heterocycles. The Kier molecular flexibility index (Phi) is 5.03. The molecule has 1 saturated heterocycles. The molecule has 2 N–H and O–H groups in total. The van der Waals surface area contributed by atoms with Gasteiger partial charge < -0.3 is 20.2 Å². The Balaban J connectivity index is 1.51. The fourth-order valence-electron chi connectivity index (χ4n) is 4.16. The number of hydrogen-bond donors (Lipinski definition) is 2. The van der Waals surface area contributed by atoms with E-state index in [-0.39, 0.29) is 17.7 Å². The van der Waals surface area contributed by atoms with Crippen molar-refractivity contribution in [1.82, 2.24) is 10.2 Å². The van der Waals surface area contributed by atoms with E-state index in [0.29, 0.717) is 5.56 Å². The Morgan fingerprint density at radius 2 is 1.85 bits per heavy atom. The van der Waals surface area contributed by atoms with E-state index in [1.807, 2.05) is 0 Å². The van der Waals surface area contributed by atoms with Gasteiger partial charge in [-0.2, -0.15) is 0 Å². The number of phenolic OH excluding ortho intramolecular Hbond substituents is 1. The minimum absolute atomic E-state index is 0.0318. The van der Waals surface area contributed by atoms with Crippen molar-refractivity contribution >= 4 is 11.6 Å². The molecule has 2 aromatic carbocycles. The first kappa shape index (κ1) is 17.9. The van der Waals surface area contributed by atoms with Gasteiger partial charge in [-0.25, -0.2) is 0 Å². The summed E-state index contributed by atoms with van der Waals surface area (Å²) in [4.78, 5) is 17.4. The first-order chi connectivity index (χ1) is 13.1. The van der Waals surface area contributed by atoms with E-state index >= 15 is 0 Å². The summed E-state index contributed by atoms with van der Waals surface area (Å²) in [6.45, 7) is 4.25. The highest BCUT2D eigenvalue weighted by Crippen LogP contribution is 2.31. The van der Waals surface area contributed by atoms with E-state index in [2.05, 4.69) is 40.4 Å². The van der Waals surface area contributed by atoms with E-state index in [0.717, 1.165) is 45.4 Å². The Hall–Kier alpha value is -2.53. The number of amides is 1. The normalized spacial score (nSPS) is 20.2. The van der Waals surface area contributed by atoms with Crippen LogP contribution in [0, 0.1) is 0 Å². The number of aromatic hydroxyl groups is 1. The first-order valence-electron chi connectivity index (χ1n) is 9.75. The lowest BCUT2D eigenvalue weighted by molar-refractivity contribution is 0.0931. The summed E-state index contributed by atoms with van der Waals surface area (Å²) in [5, 5.41) is 13.1. The summed E-state index contributed by atoms with van der Waals surface area (Å²) < 4.78 is 0. The topological polar surface area (TPSA) is 55.8 Å². The monoisotopic (exact) mass is 365 g/mol. The molecular formula is C22H27N3O2. The molecule has 0 spiro atoms. The maximum Gasteiger partial charge on any atom is 0.255 e. The van der Waals surface area contributed by atoms with E-state index in [1.165, 1.54) is 16.8 Å². The number of likely N-dealkylation sites (N-methyl/N-ethyl adjacent to an activating group) is 1. The lowest BCUT2D eigenvalue weighted by Gasteiger charge is -2.37. The number of piperazine rings is 1. The van der Waals surface area contributed by atoms with Gasteiger partial charge in [0.15, 0.2) is 0 Å². The number of anilines is 1. The fourth-order valence-corrected chi connectivity index (χ4v) is 4.16. The highest BCUT2D eigenvalue weighted by molar-refractivity contribution is 5.97. The van der Waals surface area contributed by atoms with Crippen LogP contribution in [-0.2, 0) is 12.8 Å². The SMILES string of the molecule is CN1CCN(c2cccc3c2CC(NC(=O)c2ccccc2O)CC3)CC1. The number of carbonyl (C=O) groups excluding carboxylic acids is 1. The number of phenols is 1. The van der Waals surface area contributed by atoms with Crippen LogP contribution < -0.4 is 10.2 Å². The summed E-state index contributed by atoms with van der Waals surface area (Å²) >= 11 is 0. The van der Waals surface area contributed by atoms with Gasteiger partial charge in [-0.05, 0) is 55.6 Å². The molecule has 0 aromatic heterocycles. The van der Waals surface area contributed by atoms with Crippen LogP contribution >= 0.6 is 0 Å². The second kappa shape index (κ2) is 7.61. The van der Waals surface area contributed by atoms with Crippen molar-refractivity contribution in [2.45, 2.75) is 25.3 Å². The number of benzene rings is 2. The smallest absolute Gasteiger partial charge is 0.255 e. The second-order valence-electron chi connectivity index (χ2n) is 7.64. The molecule has 1 atom stereocenters. The maximum absolute atomic E-state index is 12.6. The van der Waals surface area contributed by atoms with Crippen molar-refractivity contribution in [2.24, 2.45) is 0 Å². The van der Waals surface area contributed by atoms with Gasteiger partial charge in [0.1, 0.15) is 5.75 Å². The molecule has 1 heterocycles. The zero-order valence-corrected chi connectivity index (χ0v) is 15.8. The Labute approximate surface area is 160 Å². The van der Waals surface area contributed by atoms with Gasteiger partial charge in [0, 0.05) is 37.9 Å². The number of aryl methyl sites for hydroxylation is 1. The number of para-hydroxylation sites is 1. The predicted molar refractivity (Wildman–Crippen MR) is 108 cm³/mol. The van der Waals surface area contributed by atoms with Gasteiger partial charge in [0.2, 0.25) is 0 Å². The quantitative estimate of drug-likeness (QED) is 0.877. The molecule has 142 valence electrons. The molecule has 27 heavy (non-hydrogen) atoms. The average Bonchev–Trinajstić information content (AvgIpc) is 2.68. The lowest BCUT2D eigenvalue weighted by Crippen LogP contribution is -2.45. The number of nitrogens with zero attached hydrogens (tertiary/aromatic N) is 2. The molecule has 5 heteroatoms. The van der Waals surface area contributed by atoms with Crippen molar-refractivity contribution in [3.63, 3.8) is 0 Å². The minimum atomic E-state index is -0.196. The van der Waals surface area contributed by atoms with E-state index < -0.39 is 0 Å². The molecular weight excluding hydrogens is 338 g/mol. The summed E-state index contributed by atoms with van der Waals surface area (Å²) in [6, 6.07) is 13.4. The van der Waals surface area contributed by atoms with Crippen molar-refractivity contribution in [3.8, 4) is 5.75 Å². The fraction of sp³-hybridized carbons (Fsp3) is 0.409. The van der Waals surface area contributed by atoms with Crippen LogP contribution in [0.25, 0.3) is 0 Å². The van der Waals surface area contributed by atoms with E-state index in [1.54, 1.807) is 24.3 Å². The third-order valence-corrected chi connectivity index (χ3v) is 5.79. The van der Waals surface area contributed by atoms with Gasteiger partial charge in [-0.3, -0.25) is 4.79 Å². The molecule has 0 saturated carbocycles. The zero-order valence-electron chi connectivity index (χ0n) is 15.8. The molecule has 4 rings (SSSR count). The van der Waals surface area contributed by atoms with Gasteiger partial charge in [-0.1, -0.05) is 24.3 Å². The highest BCUT2D eigenvalue weighted by Gasteiger charge is 2.26. The van der Waals surface area contributed by atoms with Crippen LogP contribution in [0.1, 0.15) is 27.9 Å². The lowest BCUT2D eigenvalue weighted by atomic mass is 9.86. The molecule has 1 fully saturated rings. The molecule has 0 bridgehead atoms. The molecule has 2 aliphatic rings. The molecule has 0 radical (unpaired) electrons. The highest BCUT2D eigenvalue weighted by atomic mass is 16.3. The van der Waals surface area contributed by atoms with Crippen molar-refractivity contribution < 1.29 is 9.90 Å². The molecule has 5 nitrogen and oxygen atoms in total. The van der Waals surface area contributed by atoms with Crippen LogP contribution in [0.5, 0.6) is 5.75 Å². The van der Waals surface area contributed by atoms with Crippen molar-refractivity contribution in [3.05, 3.63) is 59.2 Å². The van der Waals surface area contributed by atoms with Crippen LogP contribution in [0.3, 0.4) is 0 Å². The van der Waals surface area contributed by atoms with Crippen LogP contribution in [0.2, 0.25) is 0 Å².